The summed E-state index contributed by atoms with van der Waals surface area (Å²) >= 11 is 5.28. The summed E-state index contributed by atoms with van der Waals surface area (Å²) < 4.78 is 5.71. The normalized spacial score (nSPS) is 10.2. The molecule has 132 valence electrons. The van der Waals surface area contributed by atoms with Crippen LogP contribution in [0.5, 0.6) is 5.75 Å². The molecule has 0 saturated carbocycles. The summed E-state index contributed by atoms with van der Waals surface area (Å²) in [7, 11) is 0. The highest BCUT2D eigenvalue weighted by atomic mass is 32.1. The number of para-hydroxylation sites is 1. The Kier molecular flexibility index (Phi) is 6.95. The molecule has 0 atom stereocenters. The molecule has 0 aliphatic rings. The molecule has 2 N–H and O–H groups in total. The summed E-state index contributed by atoms with van der Waals surface area (Å²) in [5.41, 5.74) is 3.55. The summed E-state index contributed by atoms with van der Waals surface area (Å²) in [6.07, 6.45) is 1.99. The van der Waals surface area contributed by atoms with Gasteiger partial charge in [0.05, 0.1) is 12.2 Å². The summed E-state index contributed by atoms with van der Waals surface area (Å²) in [6.45, 7) is 6.69. The lowest BCUT2D eigenvalue weighted by atomic mass is 10.1. The predicted molar refractivity (Wildman–Crippen MR) is 106 cm³/mol. The number of hydrogen-bond donors (Lipinski definition) is 2. The van der Waals surface area contributed by atoms with E-state index >= 15 is 0 Å². The van der Waals surface area contributed by atoms with Crippen LogP contribution in [0.1, 0.15) is 41.3 Å². The third-order valence-corrected chi connectivity index (χ3v) is 3.96. The Balaban J connectivity index is 2.04. The topological polar surface area (TPSA) is 50.4 Å². The molecule has 0 radical (unpaired) electrons. The zero-order valence-electron chi connectivity index (χ0n) is 14.9. The molecule has 0 aliphatic carbocycles. The Morgan fingerprint density at radius 3 is 2.68 bits per heavy atom. The molecule has 0 fully saturated rings. The number of amides is 1. The molecular weight excluding hydrogens is 332 g/mol. The third kappa shape index (κ3) is 5.57. The molecule has 0 unspecified atom stereocenters. The molecule has 25 heavy (non-hydrogen) atoms. The van der Waals surface area contributed by atoms with Gasteiger partial charge in [0.1, 0.15) is 5.75 Å². The van der Waals surface area contributed by atoms with Crippen molar-refractivity contribution in [3.63, 3.8) is 0 Å². The molecule has 0 aromatic heterocycles. The maximum Gasteiger partial charge on any atom is 0.261 e. The first-order valence-electron chi connectivity index (χ1n) is 8.42. The molecule has 4 nitrogen and oxygen atoms in total. The number of benzene rings is 2. The van der Waals surface area contributed by atoms with E-state index in [1.54, 1.807) is 12.1 Å². The van der Waals surface area contributed by atoms with E-state index in [1.807, 2.05) is 44.2 Å². The Bertz CT molecular complexity index is 759. The number of nitrogens with one attached hydrogen (secondary N) is 2. The molecule has 0 bridgehead atoms. The highest BCUT2D eigenvalue weighted by Crippen LogP contribution is 2.19. The minimum Gasteiger partial charge on any atom is -0.493 e. The van der Waals surface area contributed by atoms with Crippen LogP contribution in [0.3, 0.4) is 0 Å². The lowest BCUT2D eigenvalue weighted by Gasteiger charge is -2.14. The highest BCUT2D eigenvalue weighted by molar-refractivity contribution is 7.80. The summed E-state index contributed by atoms with van der Waals surface area (Å²) in [5, 5.41) is 6.07. The zero-order valence-corrected chi connectivity index (χ0v) is 15.7. The first kappa shape index (κ1) is 18.9. The smallest absolute Gasteiger partial charge is 0.261 e. The number of anilines is 1. The summed E-state index contributed by atoms with van der Waals surface area (Å²) in [4.78, 5) is 12.5. The van der Waals surface area contributed by atoms with Crippen LogP contribution in [0.2, 0.25) is 0 Å². The van der Waals surface area contributed by atoms with Gasteiger partial charge in [-0.25, -0.2) is 0 Å². The lowest BCUT2D eigenvalue weighted by molar-refractivity contribution is 0.0973. The highest BCUT2D eigenvalue weighted by Gasteiger charge is 2.14. The zero-order chi connectivity index (χ0) is 18.2. The van der Waals surface area contributed by atoms with Gasteiger partial charge in [-0.2, -0.15) is 0 Å². The van der Waals surface area contributed by atoms with Crippen LogP contribution >= 0.6 is 12.2 Å². The number of ether oxygens (including phenoxy) is 1. The Hall–Kier alpha value is -2.40. The second-order valence-electron chi connectivity index (χ2n) is 5.92. The fraction of sp³-hybridized carbons (Fsp3) is 0.300. The van der Waals surface area contributed by atoms with Gasteiger partial charge in [-0.05, 0) is 61.8 Å². The molecule has 0 aliphatic heterocycles. The van der Waals surface area contributed by atoms with E-state index in [2.05, 4.69) is 17.6 Å². The number of unbranched alkanes of at least 4 members (excludes halogenated alkanes) is 1. The number of rotatable bonds is 6. The van der Waals surface area contributed by atoms with E-state index in [-0.39, 0.29) is 11.0 Å². The number of carbonyl (C=O) groups excluding carboxylic acids is 1. The number of thiocarbonyl (C=S) groups is 1. The third-order valence-electron chi connectivity index (χ3n) is 3.76. The van der Waals surface area contributed by atoms with Gasteiger partial charge in [0.25, 0.3) is 5.91 Å². The molecule has 2 aromatic carbocycles. The van der Waals surface area contributed by atoms with Gasteiger partial charge < -0.3 is 10.1 Å². The van der Waals surface area contributed by atoms with Crippen molar-refractivity contribution in [2.75, 3.05) is 11.9 Å². The first-order valence-corrected chi connectivity index (χ1v) is 8.83. The van der Waals surface area contributed by atoms with Crippen molar-refractivity contribution in [2.24, 2.45) is 0 Å². The Morgan fingerprint density at radius 1 is 1.16 bits per heavy atom. The average Bonchev–Trinajstić information content (AvgIpc) is 2.58. The Labute approximate surface area is 154 Å². The molecule has 2 aromatic rings. The second kappa shape index (κ2) is 9.18. The van der Waals surface area contributed by atoms with Gasteiger partial charge in [-0.3, -0.25) is 10.1 Å². The average molecular weight is 356 g/mol. The maximum atomic E-state index is 12.5. The first-order chi connectivity index (χ1) is 12.0. The van der Waals surface area contributed by atoms with Gasteiger partial charge in [0, 0.05) is 5.69 Å². The molecular formula is C20H24N2O2S. The van der Waals surface area contributed by atoms with Crippen molar-refractivity contribution in [3.8, 4) is 5.75 Å². The van der Waals surface area contributed by atoms with E-state index in [4.69, 9.17) is 17.0 Å². The standard InChI is InChI=1S/C20H24N2O2S/c1-4-5-12-24-18-9-7-6-8-16(18)19(23)22-20(25)21-17-13-14(2)10-11-15(17)3/h6-11,13H,4-5,12H2,1-3H3,(H2,21,22,23,25). The second-order valence-corrected chi connectivity index (χ2v) is 6.33. The largest absolute Gasteiger partial charge is 0.493 e. The fourth-order valence-electron chi connectivity index (χ4n) is 2.30. The van der Waals surface area contributed by atoms with Crippen molar-refractivity contribution >= 4 is 28.9 Å². The van der Waals surface area contributed by atoms with Gasteiger partial charge in [-0.15, -0.1) is 0 Å². The van der Waals surface area contributed by atoms with Gasteiger partial charge in [-0.1, -0.05) is 37.6 Å². The predicted octanol–water partition coefficient (Wildman–Crippen LogP) is 4.61. The van der Waals surface area contributed by atoms with Crippen LogP contribution in [0.15, 0.2) is 42.5 Å². The van der Waals surface area contributed by atoms with Crippen molar-refractivity contribution < 1.29 is 9.53 Å². The van der Waals surface area contributed by atoms with Crippen LogP contribution in [-0.4, -0.2) is 17.6 Å². The summed E-state index contributed by atoms with van der Waals surface area (Å²) in [5.74, 6) is 0.290. The van der Waals surface area contributed by atoms with Crippen LogP contribution in [0.4, 0.5) is 5.69 Å². The van der Waals surface area contributed by atoms with Crippen LogP contribution < -0.4 is 15.4 Å². The number of hydrogen-bond acceptors (Lipinski definition) is 3. The van der Waals surface area contributed by atoms with Gasteiger partial charge >= 0.3 is 0 Å². The van der Waals surface area contributed by atoms with E-state index < -0.39 is 0 Å². The molecule has 2 rings (SSSR count). The monoisotopic (exact) mass is 356 g/mol. The van der Waals surface area contributed by atoms with Crippen LogP contribution in [0.25, 0.3) is 0 Å². The minimum atomic E-state index is -0.282. The number of aryl methyl sites for hydroxylation is 2. The van der Waals surface area contributed by atoms with Crippen molar-refractivity contribution in [2.45, 2.75) is 33.6 Å². The van der Waals surface area contributed by atoms with Crippen LogP contribution in [0, 0.1) is 13.8 Å². The van der Waals surface area contributed by atoms with Crippen molar-refractivity contribution in [1.82, 2.24) is 5.32 Å². The quantitative estimate of drug-likeness (QED) is 0.586. The Morgan fingerprint density at radius 2 is 1.92 bits per heavy atom. The SMILES string of the molecule is CCCCOc1ccccc1C(=O)NC(=S)Nc1cc(C)ccc1C. The molecule has 1 amide bonds. The minimum absolute atomic E-state index is 0.266. The van der Waals surface area contributed by atoms with E-state index in [9.17, 15) is 4.79 Å². The van der Waals surface area contributed by atoms with Crippen LogP contribution in [-0.2, 0) is 0 Å². The van der Waals surface area contributed by atoms with E-state index in [1.165, 1.54) is 0 Å². The molecule has 0 saturated heterocycles. The number of carbonyl (C=O) groups is 1. The molecule has 0 heterocycles. The van der Waals surface area contributed by atoms with E-state index in [0.717, 1.165) is 29.7 Å². The summed E-state index contributed by atoms with van der Waals surface area (Å²) in [6, 6.07) is 13.2. The van der Waals surface area contributed by atoms with Gasteiger partial charge in [0.2, 0.25) is 0 Å². The van der Waals surface area contributed by atoms with Gasteiger partial charge in [0.15, 0.2) is 5.11 Å². The van der Waals surface area contributed by atoms with Crippen molar-refractivity contribution in [3.05, 3.63) is 59.2 Å². The maximum absolute atomic E-state index is 12.5. The molecule has 0 spiro atoms. The van der Waals surface area contributed by atoms with E-state index in [0.29, 0.717) is 17.9 Å². The molecule has 5 heteroatoms. The fourth-order valence-corrected chi connectivity index (χ4v) is 2.50. The lowest BCUT2D eigenvalue weighted by Crippen LogP contribution is -2.34. The van der Waals surface area contributed by atoms with Crippen molar-refractivity contribution in [1.29, 1.82) is 0 Å².